The molecule has 16 heavy (non-hydrogen) atoms. The molecule has 1 rings (SSSR count). The lowest BCUT2D eigenvalue weighted by Crippen LogP contribution is -2.24. The molecule has 0 fully saturated rings. The highest BCUT2D eigenvalue weighted by atomic mass is 15.1. The Hall–Kier alpha value is -1.13. The van der Waals surface area contributed by atoms with Crippen molar-refractivity contribution >= 4 is 5.69 Å². The number of anilines is 1. The zero-order valence-electron chi connectivity index (χ0n) is 10.5. The molecule has 0 saturated carbocycles. The van der Waals surface area contributed by atoms with E-state index in [1.54, 1.807) is 6.20 Å². The van der Waals surface area contributed by atoms with Crippen molar-refractivity contribution in [3.05, 3.63) is 24.0 Å². The van der Waals surface area contributed by atoms with Gasteiger partial charge >= 0.3 is 0 Å². The lowest BCUT2D eigenvalue weighted by Gasteiger charge is -2.18. The molecule has 0 aliphatic carbocycles. The highest BCUT2D eigenvalue weighted by molar-refractivity contribution is 5.41. The van der Waals surface area contributed by atoms with Gasteiger partial charge in [-0.25, -0.2) is 0 Å². The largest absolute Gasteiger partial charge is 0.397 e. The third-order valence-electron chi connectivity index (χ3n) is 2.49. The number of hydrogen-bond acceptors (Lipinski definition) is 4. The molecule has 4 heteroatoms. The highest BCUT2D eigenvalue weighted by Crippen LogP contribution is 2.09. The molecule has 4 nitrogen and oxygen atoms in total. The Balaban J connectivity index is 2.34. The molecule has 2 N–H and O–H groups in total. The number of rotatable bonds is 6. The first kappa shape index (κ1) is 12.9. The predicted octanol–water partition coefficient (Wildman–Crippen LogP) is 1.05. The minimum atomic E-state index is 0.780. The van der Waals surface area contributed by atoms with Crippen LogP contribution in [0.2, 0.25) is 0 Å². The molecule has 0 spiro atoms. The molecule has 0 aliphatic heterocycles. The van der Waals surface area contributed by atoms with Gasteiger partial charge in [-0.1, -0.05) is 0 Å². The lowest BCUT2D eigenvalue weighted by atomic mass is 10.3. The van der Waals surface area contributed by atoms with Crippen LogP contribution in [0.15, 0.2) is 18.3 Å². The Morgan fingerprint density at radius 3 is 2.62 bits per heavy atom. The standard InChI is InChI=1S/C12H22N4/c1-15(2)8-5-9-16(3)10-12-11(13)6-4-7-14-12/h4,6-7H,5,8-10,13H2,1-3H3. The maximum atomic E-state index is 5.85. The Morgan fingerprint density at radius 1 is 1.25 bits per heavy atom. The molecular formula is C12H22N4. The van der Waals surface area contributed by atoms with Crippen molar-refractivity contribution in [2.24, 2.45) is 0 Å². The van der Waals surface area contributed by atoms with Crippen LogP contribution in [-0.2, 0) is 6.54 Å². The van der Waals surface area contributed by atoms with E-state index in [1.807, 2.05) is 12.1 Å². The second-order valence-electron chi connectivity index (χ2n) is 4.43. The van der Waals surface area contributed by atoms with E-state index < -0.39 is 0 Å². The summed E-state index contributed by atoms with van der Waals surface area (Å²) >= 11 is 0. The van der Waals surface area contributed by atoms with Crippen molar-refractivity contribution in [3.63, 3.8) is 0 Å². The summed E-state index contributed by atoms with van der Waals surface area (Å²) < 4.78 is 0. The summed E-state index contributed by atoms with van der Waals surface area (Å²) in [5.74, 6) is 0. The Morgan fingerprint density at radius 2 is 2.00 bits per heavy atom. The maximum Gasteiger partial charge on any atom is 0.0772 e. The van der Waals surface area contributed by atoms with Gasteiger partial charge in [0.2, 0.25) is 0 Å². The minimum absolute atomic E-state index is 0.780. The van der Waals surface area contributed by atoms with Crippen LogP contribution in [0.3, 0.4) is 0 Å². The second kappa shape index (κ2) is 6.45. The van der Waals surface area contributed by atoms with E-state index in [4.69, 9.17) is 5.73 Å². The van der Waals surface area contributed by atoms with Crippen LogP contribution in [0.25, 0.3) is 0 Å². The van der Waals surface area contributed by atoms with Crippen LogP contribution < -0.4 is 5.73 Å². The summed E-state index contributed by atoms with van der Waals surface area (Å²) in [6, 6.07) is 3.76. The van der Waals surface area contributed by atoms with Gasteiger partial charge in [-0.15, -0.1) is 0 Å². The smallest absolute Gasteiger partial charge is 0.0772 e. The number of hydrogen-bond donors (Lipinski definition) is 1. The number of nitrogen functional groups attached to an aromatic ring is 1. The van der Waals surface area contributed by atoms with E-state index in [9.17, 15) is 0 Å². The third-order valence-corrected chi connectivity index (χ3v) is 2.49. The quantitative estimate of drug-likeness (QED) is 0.781. The summed E-state index contributed by atoms with van der Waals surface area (Å²) in [5.41, 5.74) is 7.60. The Kier molecular flexibility index (Phi) is 5.22. The van der Waals surface area contributed by atoms with E-state index >= 15 is 0 Å². The molecule has 0 unspecified atom stereocenters. The lowest BCUT2D eigenvalue weighted by molar-refractivity contribution is 0.292. The van der Waals surface area contributed by atoms with Crippen molar-refractivity contribution in [2.75, 3.05) is 40.0 Å². The van der Waals surface area contributed by atoms with Crippen LogP contribution >= 0.6 is 0 Å². The van der Waals surface area contributed by atoms with Gasteiger partial charge in [0, 0.05) is 12.7 Å². The van der Waals surface area contributed by atoms with E-state index in [0.29, 0.717) is 0 Å². The molecular weight excluding hydrogens is 200 g/mol. The highest BCUT2D eigenvalue weighted by Gasteiger charge is 2.04. The monoisotopic (exact) mass is 222 g/mol. The van der Waals surface area contributed by atoms with E-state index in [-0.39, 0.29) is 0 Å². The van der Waals surface area contributed by atoms with E-state index in [0.717, 1.165) is 37.4 Å². The molecule has 0 amide bonds. The summed E-state index contributed by atoms with van der Waals surface area (Å²) in [6.07, 6.45) is 2.95. The van der Waals surface area contributed by atoms with Crippen LogP contribution in [0.4, 0.5) is 5.69 Å². The van der Waals surface area contributed by atoms with Crippen LogP contribution in [0.5, 0.6) is 0 Å². The first-order chi connectivity index (χ1) is 7.59. The molecule has 0 atom stereocenters. The Bertz CT molecular complexity index is 312. The predicted molar refractivity (Wildman–Crippen MR) is 68.2 cm³/mol. The van der Waals surface area contributed by atoms with E-state index in [1.165, 1.54) is 0 Å². The van der Waals surface area contributed by atoms with Crippen LogP contribution in [0, 0.1) is 0 Å². The fourth-order valence-corrected chi connectivity index (χ4v) is 1.57. The topological polar surface area (TPSA) is 45.4 Å². The van der Waals surface area contributed by atoms with Crippen molar-refractivity contribution in [2.45, 2.75) is 13.0 Å². The van der Waals surface area contributed by atoms with Gasteiger partial charge < -0.3 is 15.5 Å². The van der Waals surface area contributed by atoms with Gasteiger partial charge in [-0.2, -0.15) is 0 Å². The molecule has 1 aromatic heterocycles. The molecule has 1 aromatic rings. The molecule has 0 aromatic carbocycles. The third kappa shape index (κ3) is 4.59. The second-order valence-corrected chi connectivity index (χ2v) is 4.43. The number of pyridine rings is 1. The van der Waals surface area contributed by atoms with Crippen molar-refractivity contribution in [1.82, 2.24) is 14.8 Å². The van der Waals surface area contributed by atoms with Gasteiger partial charge in [0.05, 0.1) is 11.4 Å². The molecule has 90 valence electrons. The normalized spacial score (nSPS) is 11.3. The first-order valence-electron chi connectivity index (χ1n) is 5.62. The van der Waals surface area contributed by atoms with Crippen molar-refractivity contribution in [3.8, 4) is 0 Å². The average Bonchev–Trinajstić information content (AvgIpc) is 2.21. The molecule has 0 saturated heterocycles. The van der Waals surface area contributed by atoms with E-state index in [2.05, 4.69) is 35.9 Å². The van der Waals surface area contributed by atoms with Gasteiger partial charge in [-0.05, 0) is 52.8 Å². The number of aromatic nitrogens is 1. The average molecular weight is 222 g/mol. The van der Waals surface area contributed by atoms with Gasteiger partial charge in [-0.3, -0.25) is 4.98 Å². The van der Waals surface area contributed by atoms with Crippen molar-refractivity contribution < 1.29 is 0 Å². The van der Waals surface area contributed by atoms with Crippen LogP contribution in [-0.4, -0.2) is 49.0 Å². The van der Waals surface area contributed by atoms with Gasteiger partial charge in [0.15, 0.2) is 0 Å². The molecule has 0 bridgehead atoms. The zero-order valence-corrected chi connectivity index (χ0v) is 10.5. The first-order valence-corrected chi connectivity index (χ1v) is 5.62. The van der Waals surface area contributed by atoms with Gasteiger partial charge in [0.1, 0.15) is 0 Å². The summed E-state index contributed by atoms with van der Waals surface area (Å²) in [5, 5.41) is 0. The zero-order chi connectivity index (χ0) is 12.0. The fourth-order valence-electron chi connectivity index (χ4n) is 1.57. The molecule has 0 radical (unpaired) electrons. The molecule has 0 aliphatic rings. The Labute approximate surface area is 98.1 Å². The minimum Gasteiger partial charge on any atom is -0.397 e. The SMILES string of the molecule is CN(C)CCCN(C)Cc1ncccc1N. The van der Waals surface area contributed by atoms with Crippen molar-refractivity contribution in [1.29, 1.82) is 0 Å². The number of nitrogens with zero attached hydrogens (tertiary/aromatic N) is 3. The summed E-state index contributed by atoms with van der Waals surface area (Å²) in [6.45, 7) is 3.00. The summed E-state index contributed by atoms with van der Waals surface area (Å²) in [7, 11) is 6.29. The van der Waals surface area contributed by atoms with Crippen LogP contribution in [0.1, 0.15) is 12.1 Å². The molecule has 1 heterocycles. The van der Waals surface area contributed by atoms with Gasteiger partial charge in [0.25, 0.3) is 0 Å². The maximum absolute atomic E-state index is 5.85. The number of nitrogens with two attached hydrogens (primary N) is 1. The summed E-state index contributed by atoms with van der Waals surface area (Å²) in [4.78, 5) is 8.73. The fraction of sp³-hybridized carbons (Fsp3) is 0.583.